The molecule has 2 aromatic rings. The van der Waals surface area contributed by atoms with E-state index in [1.807, 2.05) is 6.07 Å². The number of amides is 2. The molecule has 0 aliphatic rings. The third-order valence-corrected chi connectivity index (χ3v) is 3.31. The summed E-state index contributed by atoms with van der Waals surface area (Å²) in [6.45, 7) is 0. The number of carbonyl (C=O) groups is 2. The molecule has 1 aromatic carbocycles. The average Bonchev–Trinajstić information content (AvgIpc) is 2.77. The smallest absolute Gasteiger partial charge is 0.268 e. The van der Waals surface area contributed by atoms with Gasteiger partial charge in [-0.05, 0) is 18.2 Å². The molecule has 7 heteroatoms. The van der Waals surface area contributed by atoms with E-state index in [0.717, 1.165) is 15.8 Å². The minimum Gasteiger partial charge on any atom is -0.364 e. The molecular formula is C11H8BrN3O2S. The standard InChI is InChI=1S/C11H8BrN3O2S/c12-7-3-1-2-6(4-7)10(17)15-11-14-8(5-18-11)9(13)16/h1-5H,(H2,13,16)(H,14,15,17). The molecule has 0 aliphatic carbocycles. The quantitative estimate of drug-likeness (QED) is 0.907. The maximum absolute atomic E-state index is 11.9. The van der Waals surface area contributed by atoms with Crippen molar-refractivity contribution in [3.63, 3.8) is 0 Å². The van der Waals surface area contributed by atoms with E-state index >= 15 is 0 Å². The van der Waals surface area contributed by atoms with Gasteiger partial charge in [-0.15, -0.1) is 11.3 Å². The Morgan fingerprint density at radius 1 is 1.39 bits per heavy atom. The topological polar surface area (TPSA) is 85.1 Å². The second-order valence-corrected chi connectivity index (χ2v) is 5.14. The summed E-state index contributed by atoms with van der Waals surface area (Å²) in [5.41, 5.74) is 5.72. The van der Waals surface area contributed by atoms with Crippen LogP contribution in [0.25, 0.3) is 0 Å². The molecule has 0 bridgehead atoms. The minimum atomic E-state index is -0.616. The summed E-state index contributed by atoms with van der Waals surface area (Å²) in [5.74, 6) is -0.907. The van der Waals surface area contributed by atoms with Crippen LogP contribution in [-0.4, -0.2) is 16.8 Å². The van der Waals surface area contributed by atoms with E-state index < -0.39 is 5.91 Å². The number of benzene rings is 1. The van der Waals surface area contributed by atoms with Gasteiger partial charge in [0.2, 0.25) is 0 Å². The number of hydrogen-bond donors (Lipinski definition) is 2. The number of primary amides is 1. The van der Waals surface area contributed by atoms with Gasteiger partial charge < -0.3 is 5.73 Å². The fraction of sp³-hybridized carbons (Fsp3) is 0. The van der Waals surface area contributed by atoms with Gasteiger partial charge in [0.1, 0.15) is 5.69 Å². The third kappa shape index (κ3) is 2.93. The lowest BCUT2D eigenvalue weighted by Crippen LogP contribution is -2.14. The molecule has 0 unspecified atom stereocenters. The number of nitrogens with one attached hydrogen (secondary N) is 1. The highest BCUT2D eigenvalue weighted by Crippen LogP contribution is 2.17. The summed E-state index contributed by atoms with van der Waals surface area (Å²) in [6.07, 6.45) is 0. The number of nitrogens with two attached hydrogens (primary N) is 1. The molecule has 0 radical (unpaired) electrons. The van der Waals surface area contributed by atoms with Gasteiger partial charge in [0, 0.05) is 15.4 Å². The Morgan fingerprint density at radius 3 is 2.78 bits per heavy atom. The molecule has 0 aliphatic heterocycles. The van der Waals surface area contributed by atoms with Crippen molar-refractivity contribution in [1.82, 2.24) is 4.98 Å². The number of thiazole rings is 1. The van der Waals surface area contributed by atoms with Crippen LogP contribution in [0.5, 0.6) is 0 Å². The fourth-order valence-electron chi connectivity index (χ4n) is 1.24. The Kier molecular flexibility index (Phi) is 3.73. The number of hydrogen-bond acceptors (Lipinski definition) is 4. The van der Waals surface area contributed by atoms with E-state index in [0.29, 0.717) is 10.7 Å². The van der Waals surface area contributed by atoms with Gasteiger partial charge in [0.25, 0.3) is 11.8 Å². The third-order valence-electron chi connectivity index (χ3n) is 2.06. The molecule has 0 saturated carbocycles. The minimum absolute atomic E-state index is 0.143. The van der Waals surface area contributed by atoms with Crippen LogP contribution in [0.15, 0.2) is 34.1 Å². The van der Waals surface area contributed by atoms with Gasteiger partial charge in [0.05, 0.1) is 0 Å². The summed E-state index contributed by atoms with van der Waals surface area (Å²) in [6, 6.07) is 6.96. The highest BCUT2D eigenvalue weighted by molar-refractivity contribution is 9.10. The molecule has 0 spiro atoms. The molecule has 0 fully saturated rings. The highest BCUT2D eigenvalue weighted by Gasteiger charge is 2.11. The van der Waals surface area contributed by atoms with Crippen molar-refractivity contribution in [2.75, 3.05) is 5.32 Å². The van der Waals surface area contributed by atoms with Gasteiger partial charge in [-0.25, -0.2) is 4.98 Å². The summed E-state index contributed by atoms with van der Waals surface area (Å²) >= 11 is 4.43. The lowest BCUT2D eigenvalue weighted by molar-refractivity contribution is 0.0992. The van der Waals surface area contributed by atoms with Gasteiger partial charge in [-0.3, -0.25) is 14.9 Å². The number of halogens is 1. The maximum Gasteiger partial charge on any atom is 0.268 e. The molecular weight excluding hydrogens is 318 g/mol. The van der Waals surface area contributed by atoms with E-state index in [4.69, 9.17) is 5.73 Å². The zero-order valence-electron chi connectivity index (χ0n) is 9.01. The molecule has 2 rings (SSSR count). The van der Waals surface area contributed by atoms with Crippen LogP contribution < -0.4 is 11.1 Å². The molecule has 5 nitrogen and oxygen atoms in total. The van der Waals surface area contributed by atoms with Crippen molar-refractivity contribution in [2.24, 2.45) is 5.73 Å². The summed E-state index contributed by atoms with van der Waals surface area (Å²) in [5, 5.41) is 4.44. The Hall–Kier alpha value is -1.73. The van der Waals surface area contributed by atoms with Crippen LogP contribution in [0.3, 0.4) is 0 Å². The average molecular weight is 326 g/mol. The number of anilines is 1. The SMILES string of the molecule is NC(=O)c1csc(NC(=O)c2cccc(Br)c2)n1. The van der Waals surface area contributed by atoms with Crippen molar-refractivity contribution in [1.29, 1.82) is 0 Å². The van der Waals surface area contributed by atoms with E-state index in [1.165, 1.54) is 5.38 Å². The first-order valence-corrected chi connectivity index (χ1v) is 6.56. The predicted octanol–water partition coefficient (Wildman–Crippen LogP) is 2.26. The second-order valence-electron chi connectivity index (χ2n) is 3.37. The normalized spacial score (nSPS) is 10.1. The van der Waals surface area contributed by atoms with Gasteiger partial charge in [0.15, 0.2) is 5.13 Å². The summed E-state index contributed by atoms with van der Waals surface area (Å²) in [7, 11) is 0. The van der Waals surface area contributed by atoms with Crippen molar-refractivity contribution in [2.45, 2.75) is 0 Å². The molecule has 92 valence electrons. The highest BCUT2D eigenvalue weighted by atomic mass is 79.9. The molecule has 1 aromatic heterocycles. The largest absolute Gasteiger partial charge is 0.364 e. The zero-order chi connectivity index (χ0) is 13.1. The zero-order valence-corrected chi connectivity index (χ0v) is 11.4. The Bertz CT molecular complexity index is 612. The van der Waals surface area contributed by atoms with Crippen molar-refractivity contribution >= 4 is 44.2 Å². The Balaban J connectivity index is 2.13. The summed E-state index contributed by atoms with van der Waals surface area (Å²) < 4.78 is 0.812. The van der Waals surface area contributed by atoms with Crippen LogP contribution in [0.2, 0.25) is 0 Å². The first kappa shape index (κ1) is 12.7. The van der Waals surface area contributed by atoms with Crippen LogP contribution in [0.1, 0.15) is 20.8 Å². The van der Waals surface area contributed by atoms with Crippen molar-refractivity contribution in [3.05, 3.63) is 45.4 Å². The van der Waals surface area contributed by atoms with Crippen molar-refractivity contribution < 1.29 is 9.59 Å². The number of carbonyl (C=O) groups excluding carboxylic acids is 2. The molecule has 18 heavy (non-hydrogen) atoms. The fourth-order valence-corrected chi connectivity index (χ4v) is 2.34. The first-order chi connectivity index (χ1) is 8.56. The lowest BCUT2D eigenvalue weighted by Gasteiger charge is -2.01. The van der Waals surface area contributed by atoms with Gasteiger partial charge >= 0.3 is 0 Å². The van der Waals surface area contributed by atoms with Crippen molar-refractivity contribution in [3.8, 4) is 0 Å². The van der Waals surface area contributed by atoms with E-state index in [1.54, 1.807) is 18.2 Å². The molecule has 3 N–H and O–H groups in total. The molecule has 1 heterocycles. The van der Waals surface area contributed by atoms with Gasteiger partial charge in [-0.1, -0.05) is 22.0 Å². The number of rotatable bonds is 3. The van der Waals surface area contributed by atoms with Crippen LogP contribution in [0.4, 0.5) is 5.13 Å². The molecule has 2 amide bonds. The number of nitrogens with zero attached hydrogens (tertiary/aromatic N) is 1. The summed E-state index contributed by atoms with van der Waals surface area (Å²) in [4.78, 5) is 26.6. The van der Waals surface area contributed by atoms with E-state index in [9.17, 15) is 9.59 Å². The molecule has 0 atom stereocenters. The van der Waals surface area contributed by atoms with E-state index in [2.05, 4.69) is 26.2 Å². The van der Waals surface area contributed by atoms with Crippen LogP contribution in [0, 0.1) is 0 Å². The van der Waals surface area contributed by atoms with Crippen LogP contribution in [-0.2, 0) is 0 Å². The monoisotopic (exact) mass is 325 g/mol. The van der Waals surface area contributed by atoms with Crippen LogP contribution >= 0.6 is 27.3 Å². The second kappa shape index (κ2) is 5.28. The predicted molar refractivity (Wildman–Crippen MR) is 72.7 cm³/mol. The van der Waals surface area contributed by atoms with Gasteiger partial charge in [-0.2, -0.15) is 0 Å². The first-order valence-electron chi connectivity index (χ1n) is 4.88. The number of aromatic nitrogens is 1. The lowest BCUT2D eigenvalue weighted by atomic mass is 10.2. The van der Waals surface area contributed by atoms with E-state index in [-0.39, 0.29) is 11.6 Å². The maximum atomic E-state index is 11.9. The molecule has 0 saturated heterocycles. The Labute approximate surface area is 115 Å². The Morgan fingerprint density at radius 2 is 2.17 bits per heavy atom.